The van der Waals surface area contributed by atoms with Crippen LogP contribution in [0.25, 0.3) is 11.4 Å². The van der Waals surface area contributed by atoms with Gasteiger partial charge in [0, 0.05) is 18.8 Å². The van der Waals surface area contributed by atoms with E-state index in [1.807, 2.05) is 13.1 Å². The molecule has 1 aliphatic rings. The highest BCUT2D eigenvalue weighted by Crippen LogP contribution is 2.36. The predicted molar refractivity (Wildman–Crippen MR) is 110 cm³/mol. The molecule has 0 spiro atoms. The van der Waals surface area contributed by atoms with Crippen LogP contribution in [0.3, 0.4) is 0 Å². The Morgan fingerprint density at radius 3 is 2.80 bits per heavy atom. The molecule has 1 aromatic carbocycles. The highest BCUT2D eigenvalue weighted by atomic mass is 35.5. The number of halogens is 2. The number of benzene rings is 1. The Balaban J connectivity index is 1.54. The van der Waals surface area contributed by atoms with Gasteiger partial charge in [-0.15, -0.1) is 5.10 Å². The number of carbonyl (C=O) groups is 1. The van der Waals surface area contributed by atoms with Crippen LogP contribution in [0.5, 0.6) is 0 Å². The monoisotopic (exact) mass is 432 g/mol. The molecule has 0 bridgehead atoms. The number of hydrogen-bond donors (Lipinski definition) is 1. The van der Waals surface area contributed by atoms with Crippen molar-refractivity contribution in [1.82, 2.24) is 29.4 Å². The number of rotatable bonds is 7. The summed E-state index contributed by atoms with van der Waals surface area (Å²) in [6.45, 7) is 4.19. The third-order valence-corrected chi connectivity index (χ3v) is 5.42. The quantitative estimate of drug-likeness (QED) is 0.622. The first kappa shape index (κ1) is 20.3. The van der Waals surface area contributed by atoms with Crippen LogP contribution >= 0.6 is 11.6 Å². The maximum atomic E-state index is 13.7. The number of nitrogens with one attached hydrogen (secondary N) is 1. The summed E-state index contributed by atoms with van der Waals surface area (Å²) in [6.07, 6.45) is 5.33. The van der Waals surface area contributed by atoms with E-state index in [4.69, 9.17) is 11.6 Å². The van der Waals surface area contributed by atoms with Gasteiger partial charge >= 0.3 is 5.69 Å². The van der Waals surface area contributed by atoms with Crippen LogP contribution in [0, 0.1) is 5.82 Å². The lowest BCUT2D eigenvalue weighted by Crippen LogP contribution is -2.34. The van der Waals surface area contributed by atoms with Crippen molar-refractivity contribution in [2.75, 3.05) is 0 Å². The van der Waals surface area contributed by atoms with Crippen LogP contribution < -0.4 is 11.0 Å². The topological polar surface area (TPSA) is 86.7 Å². The summed E-state index contributed by atoms with van der Waals surface area (Å²) in [5.41, 5.74) is 0.996. The Morgan fingerprint density at radius 1 is 1.40 bits per heavy atom. The number of aryl methyl sites for hydroxylation is 1. The van der Waals surface area contributed by atoms with Crippen LogP contribution in [0.2, 0.25) is 5.02 Å². The Morgan fingerprint density at radius 2 is 2.17 bits per heavy atom. The molecule has 3 aromatic rings. The number of aromatic nitrogens is 5. The van der Waals surface area contributed by atoms with Crippen molar-refractivity contribution in [3.63, 3.8) is 0 Å². The van der Waals surface area contributed by atoms with E-state index in [0.29, 0.717) is 17.9 Å². The van der Waals surface area contributed by atoms with Crippen molar-refractivity contribution in [3.8, 4) is 11.4 Å². The van der Waals surface area contributed by atoms with Crippen molar-refractivity contribution < 1.29 is 9.18 Å². The average Bonchev–Trinajstić information content (AvgIpc) is 3.34. The van der Waals surface area contributed by atoms with E-state index in [-0.39, 0.29) is 23.3 Å². The van der Waals surface area contributed by atoms with Crippen LogP contribution in [-0.2, 0) is 17.9 Å². The fourth-order valence-corrected chi connectivity index (χ4v) is 3.44. The van der Waals surface area contributed by atoms with Gasteiger partial charge in [0.1, 0.15) is 12.4 Å². The molecule has 0 radical (unpaired) electrons. The second-order valence-electron chi connectivity index (χ2n) is 7.41. The Labute approximate surface area is 177 Å². The Kier molecular flexibility index (Phi) is 5.46. The zero-order valence-electron chi connectivity index (χ0n) is 16.7. The minimum Gasteiger partial charge on any atom is -0.348 e. The molecule has 158 valence electrons. The number of carbonyl (C=O) groups excluding carboxylic acids is 1. The lowest BCUT2D eigenvalue weighted by molar-refractivity contribution is -0.122. The van der Waals surface area contributed by atoms with E-state index < -0.39 is 17.8 Å². The SMILES string of the molecule is CCn1cc(-c2nn(CC(=O)N[C@@H](C)c3ccc(Cl)c(F)c3)c(=O)n2C2CC2)cn1. The van der Waals surface area contributed by atoms with E-state index in [1.54, 1.807) is 28.4 Å². The van der Waals surface area contributed by atoms with Gasteiger partial charge in [-0.3, -0.25) is 14.0 Å². The molecule has 30 heavy (non-hydrogen) atoms. The maximum absolute atomic E-state index is 13.7. The molecule has 1 saturated carbocycles. The first-order valence-corrected chi connectivity index (χ1v) is 10.2. The molecular formula is C20H22ClFN6O2. The first-order chi connectivity index (χ1) is 14.4. The molecule has 1 fully saturated rings. The third kappa shape index (κ3) is 4.02. The molecule has 0 saturated heterocycles. The molecule has 0 unspecified atom stereocenters. The molecule has 1 N–H and O–H groups in total. The summed E-state index contributed by atoms with van der Waals surface area (Å²) < 4.78 is 18.3. The third-order valence-electron chi connectivity index (χ3n) is 5.11. The van der Waals surface area contributed by atoms with Gasteiger partial charge in [0.15, 0.2) is 5.82 Å². The van der Waals surface area contributed by atoms with Gasteiger partial charge < -0.3 is 5.32 Å². The van der Waals surface area contributed by atoms with E-state index in [0.717, 1.165) is 18.4 Å². The lowest BCUT2D eigenvalue weighted by Gasteiger charge is -2.14. The van der Waals surface area contributed by atoms with Crippen molar-refractivity contribution >= 4 is 17.5 Å². The van der Waals surface area contributed by atoms with E-state index in [2.05, 4.69) is 15.5 Å². The lowest BCUT2D eigenvalue weighted by atomic mass is 10.1. The number of amides is 1. The molecule has 8 nitrogen and oxygen atoms in total. The molecule has 4 rings (SSSR count). The van der Waals surface area contributed by atoms with Gasteiger partial charge in [-0.2, -0.15) is 5.10 Å². The minimum absolute atomic E-state index is 0.0216. The average molecular weight is 433 g/mol. The Hall–Kier alpha value is -2.94. The van der Waals surface area contributed by atoms with Crippen LogP contribution in [0.15, 0.2) is 35.4 Å². The molecule has 1 aliphatic carbocycles. The second kappa shape index (κ2) is 8.06. The van der Waals surface area contributed by atoms with Crippen molar-refractivity contribution in [2.24, 2.45) is 0 Å². The van der Waals surface area contributed by atoms with Gasteiger partial charge in [-0.1, -0.05) is 17.7 Å². The fourth-order valence-electron chi connectivity index (χ4n) is 3.32. The standard InChI is InChI=1S/C20H22ClFN6O2/c1-3-26-10-14(9-23-26)19-25-27(20(30)28(19)15-5-6-15)11-18(29)24-12(2)13-4-7-16(21)17(22)8-13/h4,7-10,12,15H,3,5-6,11H2,1-2H3,(H,24,29)/t12-/m0/s1. The zero-order valence-corrected chi connectivity index (χ0v) is 17.4. The van der Waals surface area contributed by atoms with Gasteiger partial charge in [0.2, 0.25) is 5.91 Å². The molecule has 10 heteroatoms. The van der Waals surface area contributed by atoms with Crippen LogP contribution in [-0.4, -0.2) is 30.0 Å². The minimum atomic E-state index is -0.549. The molecule has 2 aromatic heterocycles. The smallest absolute Gasteiger partial charge is 0.346 e. The summed E-state index contributed by atoms with van der Waals surface area (Å²) in [4.78, 5) is 25.4. The molecular weight excluding hydrogens is 411 g/mol. The summed E-state index contributed by atoms with van der Waals surface area (Å²) in [6, 6.07) is 4.02. The predicted octanol–water partition coefficient (Wildman–Crippen LogP) is 2.93. The van der Waals surface area contributed by atoms with Gasteiger partial charge in [0.25, 0.3) is 0 Å². The van der Waals surface area contributed by atoms with Crippen molar-refractivity contribution in [1.29, 1.82) is 0 Å². The summed E-state index contributed by atoms with van der Waals surface area (Å²) in [7, 11) is 0. The number of nitrogens with zero attached hydrogens (tertiary/aromatic N) is 5. The Bertz CT molecular complexity index is 1150. The van der Waals surface area contributed by atoms with Crippen molar-refractivity contribution in [3.05, 3.63) is 57.5 Å². The highest BCUT2D eigenvalue weighted by Gasteiger charge is 2.31. The van der Waals surface area contributed by atoms with E-state index >= 15 is 0 Å². The highest BCUT2D eigenvalue weighted by molar-refractivity contribution is 6.30. The second-order valence-corrected chi connectivity index (χ2v) is 7.82. The largest absolute Gasteiger partial charge is 0.348 e. The fraction of sp³-hybridized carbons (Fsp3) is 0.400. The summed E-state index contributed by atoms with van der Waals surface area (Å²) in [5.74, 6) is -0.425. The maximum Gasteiger partial charge on any atom is 0.346 e. The first-order valence-electron chi connectivity index (χ1n) is 9.83. The zero-order chi connectivity index (χ0) is 21.4. The number of hydrogen-bond acceptors (Lipinski definition) is 4. The molecule has 2 heterocycles. The van der Waals surface area contributed by atoms with Crippen molar-refractivity contribution in [2.45, 2.75) is 51.9 Å². The van der Waals surface area contributed by atoms with Gasteiger partial charge in [-0.25, -0.2) is 13.9 Å². The summed E-state index contributed by atoms with van der Waals surface area (Å²) in [5, 5.41) is 11.5. The molecule has 1 amide bonds. The summed E-state index contributed by atoms with van der Waals surface area (Å²) >= 11 is 5.71. The van der Waals surface area contributed by atoms with E-state index in [9.17, 15) is 14.0 Å². The molecule has 1 atom stereocenters. The normalized spacial score (nSPS) is 14.7. The van der Waals surface area contributed by atoms with Gasteiger partial charge in [0.05, 0.1) is 22.8 Å². The molecule has 0 aliphatic heterocycles. The van der Waals surface area contributed by atoms with Crippen LogP contribution in [0.1, 0.15) is 44.3 Å². The van der Waals surface area contributed by atoms with Crippen LogP contribution in [0.4, 0.5) is 4.39 Å². The van der Waals surface area contributed by atoms with Gasteiger partial charge in [-0.05, 0) is 44.4 Å². The van der Waals surface area contributed by atoms with E-state index in [1.165, 1.54) is 16.8 Å².